The first-order valence-electron chi connectivity index (χ1n) is 3.59. The van der Waals surface area contributed by atoms with Gasteiger partial charge in [0.05, 0.1) is 19.0 Å². The lowest BCUT2D eigenvalue weighted by molar-refractivity contribution is 0.0529. The zero-order valence-corrected chi connectivity index (χ0v) is 6.34. The Morgan fingerprint density at radius 3 is 2.60 bits per heavy atom. The van der Waals surface area contributed by atoms with Crippen LogP contribution in [0.15, 0.2) is 11.9 Å². The van der Waals surface area contributed by atoms with Gasteiger partial charge in [0.1, 0.15) is 0 Å². The third-order valence-corrected chi connectivity index (χ3v) is 1.67. The minimum atomic E-state index is 0.800. The SMILES string of the molecule is C/C=C(\N)N1CCOCC1. The molecule has 58 valence electrons. The highest BCUT2D eigenvalue weighted by Crippen LogP contribution is 2.01. The Kier molecular flexibility index (Phi) is 2.57. The number of nitrogens with zero attached hydrogens (tertiary/aromatic N) is 1. The Balaban J connectivity index is 2.39. The number of ether oxygens (including phenoxy) is 1. The highest BCUT2D eigenvalue weighted by Gasteiger charge is 2.09. The van der Waals surface area contributed by atoms with Crippen LogP contribution in [0.25, 0.3) is 0 Å². The molecule has 2 N–H and O–H groups in total. The molecule has 0 saturated carbocycles. The first-order chi connectivity index (χ1) is 4.84. The molecule has 0 spiro atoms. The molecule has 1 fully saturated rings. The molecule has 0 aromatic carbocycles. The van der Waals surface area contributed by atoms with Crippen LogP contribution >= 0.6 is 0 Å². The largest absolute Gasteiger partial charge is 0.386 e. The molecule has 1 aliphatic rings. The van der Waals surface area contributed by atoms with Gasteiger partial charge in [-0.3, -0.25) is 0 Å². The van der Waals surface area contributed by atoms with Crippen molar-refractivity contribution >= 4 is 0 Å². The van der Waals surface area contributed by atoms with Gasteiger partial charge < -0.3 is 15.4 Å². The predicted molar refractivity (Wildman–Crippen MR) is 40.3 cm³/mol. The molecule has 0 aromatic rings. The van der Waals surface area contributed by atoms with Crippen molar-refractivity contribution in [3.8, 4) is 0 Å². The lowest BCUT2D eigenvalue weighted by Crippen LogP contribution is -2.38. The molecular weight excluding hydrogens is 128 g/mol. The molecule has 0 radical (unpaired) electrons. The molecule has 0 atom stereocenters. The van der Waals surface area contributed by atoms with E-state index in [1.54, 1.807) is 0 Å². The van der Waals surface area contributed by atoms with Crippen molar-refractivity contribution < 1.29 is 4.74 Å². The van der Waals surface area contributed by atoms with Gasteiger partial charge >= 0.3 is 0 Å². The molecule has 1 saturated heterocycles. The second-order valence-corrected chi connectivity index (χ2v) is 2.31. The Morgan fingerprint density at radius 1 is 1.50 bits per heavy atom. The maximum atomic E-state index is 5.68. The van der Waals surface area contributed by atoms with Gasteiger partial charge in [0.2, 0.25) is 0 Å². The lowest BCUT2D eigenvalue weighted by atomic mass is 10.4. The second kappa shape index (κ2) is 3.46. The fourth-order valence-corrected chi connectivity index (χ4v) is 1.00. The summed E-state index contributed by atoms with van der Waals surface area (Å²) in [6.07, 6.45) is 1.92. The summed E-state index contributed by atoms with van der Waals surface area (Å²) < 4.78 is 5.17. The van der Waals surface area contributed by atoms with Gasteiger partial charge in [-0.25, -0.2) is 0 Å². The van der Waals surface area contributed by atoms with Gasteiger partial charge in [-0.2, -0.15) is 0 Å². The van der Waals surface area contributed by atoms with Gasteiger partial charge in [-0.15, -0.1) is 0 Å². The molecule has 1 heterocycles. The second-order valence-electron chi connectivity index (χ2n) is 2.31. The molecule has 0 bridgehead atoms. The average molecular weight is 142 g/mol. The van der Waals surface area contributed by atoms with E-state index >= 15 is 0 Å². The van der Waals surface area contributed by atoms with Crippen LogP contribution in [-0.4, -0.2) is 31.2 Å². The first kappa shape index (κ1) is 7.41. The molecule has 3 heteroatoms. The summed E-state index contributed by atoms with van der Waals surface area (Å²) in [6.45, 7) is 5.40. The minimum absolute atomic E-state index is 0.800. The summed E-state index contributed by atoms with van der Waals surface area (Å²) in [5.41, 5.74) is 5.68. The van der Waals surface area contributed by atoms with Crippen molar-refractivity contribution in [2.45, 2.75) is 6.92 Å². The van der Waals surface area contributed by atoms with Gasteiger partial charge in [-0.1, -0.05) is 0 Å². The normalized spacial score (nSPS) is 21.3. The van der Waals surface area contributed by atoms with E-state index < -0.39 is 0 Å². The van der Waals surface area contributed by atoms with Crippen LogP contribution in [0.3, 0.4) is 0 Å². The molecule has 1 aliphatic heterocycles. The molecule has 0 unspecified atom stereocenters. The minimum Gasteiger partial charge on any atom is -0.386 e. The highest BCUT2D eigenvalue weighted by molar-refractivity contribution is 4.94. The van der Waals surface area contributed by atoms with Crippen molar-refractivity contribution in [1.29, 1.82) is 0 Å². The summed E-state index contributed by atoms with van der Waals surface area (Å²) >= 11 is 0. The van der Waals surface area contributed by atoms with Crippen molar-refractivity contribution in [2.75, 3.05) is 26.3 Å². The number of nitrogens with two attached hydrogens (primary N) is 1. The smallest absolute Gasteiger partial charge is 0.0943 e. The van der Waals surface area contributed by atoms with Crippen molar-refractivity contribution in [1.82, 2.24) is 4.90 Å². The Bertz CT molecular complexity index is 128. The van der Waals surface area contributed by atoms with E-state index in [0.29, 0.717) is 0 Å². The molecule has 3 nitrogen and oxygen atoms in total. The van der Waals surface area contributed by atoms with Crippen LogP contribution in [0.1, 0.15) is 6.92 Å². The summed E-state index contributed by atoms with van der Waals surface area (Å²) in [6, 6.07) is 0. The monoisotopic (exact) mass is 142 g/mol. The maximum Gasteiger partial charge on any atom is 0.0943 e. The molecule has 10 heavy (non-hydrogen) atoms. The van der Waals surface area contributed by atoms with Crippen LogP contribution in [0.2, 0.25) is 0 Å². The van der Waals surface area contributed by atoms with E-state index in [-0.39, 0.29) is 0 Å². The predicted octanol–water partition coefficient (Wildman–Crippen LogP) is 0.139. The third-order valence-electron chi connectivity index (χ3n) is 1.67. The standard InChI is InChI=1S/C7H14N2O/c1-2-7(8)9-3-5-10-6-4-9/h2H,3-6,8H2,1H3/b7-2+. The number of hydrogen-bond donors (Lipinski definition) is 1. The van der Waals surface area contributed by atoms with Gasteiger partial charge in [0, 0.05) is 13.1 Å². The Morgan fingerprint density at radius 2 is 2.10 bits per heavy atom. The summed E-state index contributed by atoms with van der Waals surface area (Å²) in [4.78, 5) is 2.13. The van der Waals surface area contributed by atoms with E-state index in [9.17, 15) is 0 Å². The van der Waals surface area contributed by atoms with Gasteiger partial charge in [0.15, 0.2) is 0 Å². The summed E-state index contributed by atoms with van der Waals surface area (Å²) in [5, 5.41) is 0. The zero-order chi connectivity index (χ0) is 7.40. The molecule has 0 aromatic heterocycles. The quantitative estimate of drug-likeness (QED) is 0.566. The van der Waals surface area contributed by atoms with E-state index in [2.05, 4.69) is 4.90 Å². The molecule has 0 amide bonds. The molecule has 0 aliphatic carbocycles. The topological polar surface area (TPSA) is 38.5 Å². The zero-order valence-electron chi connectivity index (χ0n) is 6.34. The first-order valence-corrected chi connectivity index (χ1v) is 3.59. The third kappa shape index (κ3) is 1.64. The number of hydrogen-bond acceptors (Lipinski definition) is 3. The lowest BCUT2D eigenvalue weighted by Gasteiger charge is -2.28. The maximum absolute atomic E-state index is 5.68. The molecule has 1 rings (SSSR count). The van der Waals surface area contributed by atoms with Crippen molar-refractivity contribution in [2.24, 2.45) is 5.73 Å². The van der Waals surface area contributed by atoms with Crippen molar-refractivity contribution in [3.05, 3.63) is 11.9 Å². The van der Waals surface area contributed by atoms with E-state index in [1.165, 1.54) is 0 Å². The Labute approximate surface area is 61.4 Å². The average Bonchev–Trinajstić information content (AvgIpc) is 2.05. The van der Waals surface area contributed by atoms with E-state index in [1.807, 2.05) is 13.0 Å². The summed E-state index contributed by atoms with van der Waals surface area (Å²) in [7, 11) is 0. The van der Waals surface area contributed by atoms with Gasteiger partial charge in [-0.05, 0) is 13.0 Å². The molecular formula is C7H14N2O. The number of morpholine rings is 1. The van der Waals surface area contributed by atoms with Crippen LogP contribution in [0.4, 0.5) is 0 Å². The summed E-state index contributed by atoms with van der Waals surface area (Å²) in [5.74, 6) is 0.864. The van der Waals surface area contributed by atoms with Crippen LogP contribution < -0.4 is 5.73 Å². The fraction of sp³-hybridized carbons (Fsp3) is 0.714. The van der Waals surface area contributed by atoms with Crippen molar-refractivity contribution in [3.63, 3.8) is 0 Å². The fourth-order valence-electron chi connectivity index (χ4n) is 1.00. The van der Waals surface area contributed by atoms with Crippen LogP contribution in [-0.2, 0) is 4.74 Å². The van der Waals surface area contributed by atoms with Crippen LogP contribution in [0, 0.1) is 0 Å². The van der Waals surface area contributed by atoms with Crippen LogP contribution in [0.5, 0.6) is 0 Å². The van der Waals surface area contributed by atoms with E-state index in [4.69, 9.17) is 10.5 Å². The number of allylic oxidation sites excluding steroid dienone is 1. The van der Waals surface area contributed by atoms with E-state index in [0.717, 1.165) is 32.1 Å². The highest BCUT2D eigenvalue weighted by atomic mass is 16.5. The van der Waals surface area contributed by atoms with Gasteiger partial charge in [0.25, 0.3) is 0 Å². The number of rotatable bonds is 1. The Hall–Kier alpha value is -0.700.